The van der Waals surface area contributed by atoms with Crippen LogP contribution >= 0.6 is 0 Å². The normalized spacial score (nSPS) is 12.3. The number of carbonyl (C=O) groups is 2. The van der Waals surface area contributed by atoms with E-state index in [-0.39, 0.29) is 31.2 Å². The van der Waals surface area contributed by atoms with E-state index in [0.717, 1.165) is 39.1 Å². The number of nitrogens with zero attached hydrogens (tertiary/aromatic N) is 2. The van der Waals surface area contributed by atoms with Crippen molar-refractivity contribution < 1.29 is 19.1 Å². The van der Waals surface area contributed by atoms with Crippen molar-refractivity contribution in [2.45, 2.75) is 43.7 Å². The maximum atomic E-state index is 15.3. The van der Waals surface area contributed by atoms with Crippen LogP contribution in [0.2, 0.25) is 0 Å². The number of hydrogen-bond donors (Lipinski definition) is 3. The van der Waals surface area contributed by atoms with Crippen LogP contribution in [0.3, 0.4) is 0 Å². The quantitative estimate of drug-likeness (QED) is 0.0535. The summed E-state index contributed by atoms with van der Waals surface area (Å²) in [6.45, 7) is 1.47. The zero-order valence-electron chi connectivity index (χ0n) is 33.8. The summed E-state index contributed by atoms with van der Waals surface area (Å²) in [7, 11) is 1.71. The van der Waals surface area contributed by atoms with Crippen molar-refractivity contribution in [1.29, 1.82) is 0 Å². The monoisotopic (exact) mass is 797 g/mol. The molecule has 2 atom stereocenters. The van der Waals surface area contributed by atoms with Gasteiger partial charge in [0.15, 0.2) is 0 Å². The first kappa shape index (κ1) is 41.4. The van der Waals surface area contributed by atoms with E-state index in [1.54, 1.807) is 24.5 Å². The molecule has 0 aliphatic rings. The second kappa shape index (κ2) is 20.7. The molecule has 6 aromatic carbocycles. The molecule has 2 unspecified atom stereocenters. The number of aromatic amines is 1. The largest absolute Gasteiger partial charge is 0.489 e. The molecule has 0 aliphatic carbocycles. The summed E-state index contributed by atoms with van der Waals surface area (Å²) in [5, 5.41) is 6.96. The second-order valence-corrected chi connectivity index (χ2v) is 14.7. The van der Waals surface area contributed by atoms with Crippen molar-refractivity contribution in [2.24, 2.45) is 0 Å². The van der Waals surface area contributed by atoms with Gasteiger partial charge >= 0.3 is 0 Å². The molecule has 9 heteroatoms. The lowest BCUT2D eigenvalue weighted by Crippen LogP contribution is -2.59. The lowest BCUT2D eigenvalue weighted by Gasteiger charge is -2.41. The lowest BCUT2D eigenvalue weighted by atomic mass is 9.76. The van der Waals surface area contributed by atoms with Gasteiger partial charge in [-0.15, -0.1) is 0 Å². The molecule has 2 amide bonds. The number of ether oxygens (including phenoxy) is 2. The Bertz CT molecular complexity index is 2230. The summed E-state index contributed by atoms with van der Waals surface area (Å²) < 4.78 is 11.9. The van der Waals surface area contributed by atoms with Crippen molar-refractivity contribution >= 4 is 11.8 Å². The first-order valence-corrected chi connectivity index (χ1v) is 20.3. The third-order valence-corrected chi connectivity index (χ3v) is 10.7. The van der Waals surface area contributed by atoms with Crippen LogP contribution in [0.5, 0.6) is 5.75 Å². The molecule has 60 heavy (non-hydrogen) atoms. The van der Waals surface area contributed by atoms with E-state index in [0.29, 0.717) is 25.6 Å². The van der Waals surface area contributed by atoms with Crippen molar-refractivity contribution in [3.05, 3.63) is 228 Å². The Balaban J connectivity index is 1.18. The molecule has 0 bridgehead atoms. The first-order chi connectivity index (χ1) is 29.5. The van der Waals surface area contributed by atoms with Gasteiger partial charge in [0, 0.05) is 38.3 Å². The summed E-state index contributed by atoms with van der Waals surface area (Å²) in [6.07, 6.45) is 3.91. The fourth-order valence-corrected chi connectivity index (χ4v) is 7.51. The van der Waals surface area contributed by atoms with E-state index in [9.17, 15) is 4.79 Å². The zero-order chi connectivity index (χ0) is 41.4. The zero-order valence-corrected chi connectivity index (χ0v) is 33.8. The molecule has 1 aromatic heterocycles. The Morgan fingerprint density at radius 3 is 1.68 bits per heavy atom. The molecule has 304 valence electrons. The van der Waals surface area contributed by atoms with Gasteiger partial charge < -0.3 is 24.7 Å². The number of imidazole rings is 1. The molecule has 0 aliphatic heterocycles. The van der Waals surface area contributed by atoms with Crippen LogP contribution in [0.4, 0.5) is 0 Å². The number of H-pyrrole nitrogens is 1. The number of carbonyl (C=O) groups excluding carboxylic acids is 2. The highest BCUT2D eigenvalue weighted by molar-refractivity contribution is 5.90. The summed E-state index contributed by atoms with van der Waals surface area (Å²) in [5.74, 6) is 0.186. The Labute approximate surface area is 352 Å². The summed E-state index contributed by atoms with van der Waals surface area (Å²) in [5.41, 5.74) is 5.73. The fraction of sp³-hybridized carbons (Fsp3) is 0.196. The molecule has 0 saturated carbocycles. The summed E-state index contributed by atoms with van der Waals surface area (Å²) >= 11 is 0. The molecular formula is C51H51N5O4. The lowest BCUT2D eigenvalue weighted by molar-refractivity contribution is -0.140. The van der Waals surface area contributed by atoms with Crippen LogP contribution in [0.15, 0.2) is 188 Å². The van der Waals surface area contributed by atoms with Crippen LogP contribution in [0.25, 0.3) is 0 Å². The van der Waals surface area contributed by atoms with E-state index in [4.69, 9.17) is 9.47 Å². The molecular weight excluding hydrogens is 747 g/mol. The fourth-order valence-electron chi connectivity index (χ4n) is 7.51. The van der Waals surface area contributed by atoms with Gasteiger partial charge in [0.25, 0.3) is 0 Å². The Hall–Kier alpha value is -6.81. The van der Waals surface area contributed by atoms with E-state index >= 15 is 4.79 Å². The number of amides is 2. The number of hydrogen-bond acceptors (Lipinski definition) is 6. The predicted molar refractivity (Wildman–Crippen MR) is 235 cm³/mol. The minimum atomic E-state index is -0.950. The number of aromatic nitrogens is 2. The van der Waals surface area contributed by atoms with Gasteiger partial charge in [0.1, 0.15) is 18.4 Å². The van der Waals surface area contributed by atoms with Crippen molar-refractivity contribution in [2.75, 3.05) is 20.2 Å². The summed E-state index contributed by atoms with van der Waals surface area (Å²) in [6, 6.07) is 56.5. The van der Waals surface area contributed by atoms with Gasteiger partial charge in [0.05, 0.1) is 31.1 Å². The van der Waals surface area contributed by atoms with Crippen LogP contribution in [-0.4, -0.2) is 59.0 Å². The highest BCUT2D eigenvalue weighted by atomic mass is 16.5. The smallest absolute Gasteiger partial charge is 0.243 e. The van der Waals surface area contributed by atoms with E-state index in [1.165, 1.54) is 0 Å². The molecule has 7 rings (SSSR count). The SMILES string of the molecule is CN(C(=O)C(Cc1cnc[nH]1)NC(c1ccccc1)(c1ccccc1)c1ccccc1)C(Cc1ccc(OCc2ccccc2)cc1)C(=O)NCCOCc1ccccc1. The maximum absolute atomic E-state index is 15.3. The maximum Gasteiger partial charge on any atom is 0.243 e. The van der Waals surface area contributed by atoms with E-state index in [2.05, 4.69) is 57.0 Å². The third-order valence-electron chi connectivity index (χ3n) is 10.7. The molecule has 0 spiro atoms. The number of rotatable bonds is 20. The minimum absolute atomic E-state index is 0.250. The van der Waals surface area contributed by atoms with Crippen LogP contribution in [0, 0.1) is 0 Å². The Morgan fingerprint density at radius 2 is 1.17 bits per heavy atom. The summed E-state index contributed by atoms with van der Waals surface area (Å²) in [4.78, 5) is 38.7. The van der Waals surface area contributed by atoms with Crippen molar-refractivity contribution in [3.8, 4) is 5.75 Å². The predicted octanol–water partition coefficient (Wildman–Crippen LogP) is 7.88. The topological polar surface area (TPSA) is 109 Å². The minimum Gasteiger partial charge on any atom is -0.489 e. The van der Waals surface area contributed by atoms with Crippen LogP contribution in [-0.2, 0) is 45.9 Å². The van der Waals surface area contributed by atoms with Crippen molar-refractivity contribution in [3.63, 3.8) is 0 Å². The molecule has 9 nitrogen and oxygen atoms in total. The third kappa shape index (κ3) is 10.6. The molecule has 0 fully saturated rings. The average Bonchev–Trinajstić information content (AvgIpc) is 3.83. The van der Waals surface area contributed by atoms with Gasteiger partial charge in [0.2, 0.25) is 11.8 Å². The standard InChI is InChI=1S/C51H51N5O4/c1-56(48(49(57)53-31-32-59-36-40-17-7-2-8-18-40)33-39-27-29-46(30-28-39)60-37-41-19-9-3-10-20-41)50(58)47(34-45-35-52-38-54-45)55-51(42-21-11-4-12-22-42,43-23-13-5-14-24-43)44-25-15-6-16-26-44/h2-30,35,38,47-48,55H,31-34,36-37H2,1H3,(H,52,54)(H,53,57). The molecule has 0 saturated heterocycles. The van der Waals surface area contributed by atoms with Crippen LogP contribution in [0.1, 0.15) is 39.1 Å². The van der Waals surface area contributed by atoms with Gasteiger partial charge in [-0.25, -0.2) is 4.98 Å². The highest BCUT2D eigenvalue weighted by Crippen LogP contribution is 2.38. The molecule has 0 radical (unpaired) electrons. The second-order valence-electron chi connectivity index (χ2n) is 14.7. The van der Waals surface area contributed by atoms with Gasteiger partial charge in [-0.1, -0.05) is 164 Å². The van der Waals surface area contributed by atoms with Crippen molar-refractivity contribution in [1.82, 2.24) is 25.5 Å². The molecule has 7 aromatic rings. The highest BCUT2D eigenvalue weighted by Gasteiger charge is 2.42. The average molecular weight is 798 g/mol. The van der Waals surface area contributed by atoms with E-state index < -0.39 is 17.6 Å². The van der Waals surface area contributed by atoms with Crippen LogP contribution < -0.4 is 15.4 Å². The Morgan fingerprint density at radius 1 is 0.650 bits per heavy atom. The number of likely N-dealkylation sites (N-methyl/N-ethyl adjacent to an activating group) is 1. The van der Waals surface area contributed by atoms with E-state index in [1.807, 2.05) is 140 Å². The number of benzene rings is 6. The van der Waals surface area contributed by atoms with Gasteiger partial charge in [-0.05, 0) is 45.5 Å². The molecule has 3 N–H and O–H groups in total. The van der Waals surface area contributed by atoms with Gasteiger partial charge in [-0.2, -0.15) is 0 Å². The number of nitrogens with one attached hydrogen (secondary N) is 3. The van der Waals surface area contributed by atoms with Gasteiger partial charge in [-0.3, -0.25) is 14.9 Å². The molecule has 1 heterocycles. The Kier molecular flexibility index (Phi) is 14.3. The first-order valence-electron chi connectivity index (χ1n) is 20.3.